The van der Waals surface area contributed by atoms with Crippen LogP contribution in [0.2, 0.25) is 0 Å². The molecule has 0 aromatic heterocycles. The molecule has 17 heavy (non-hydrogen) atoms. The number of aliphatic hydroxyl groups is 4. The van der Waals surface area contributed by atoms with E-state index in [9.17, 15) is 20.4 Å². The van der Waals surface area contributed by atoms with Gasteiger partial charge in [0.1, 0.15) is 24.9 Å². The lowest BCUT2D eigenvalue weighted by Gasteiger charge is -2.43. The zero-order valence-electron chi connectivity index (χ0n) is 10.2. The summed E-state index contributed by atoms with van der Waals surface area (Å²) in [6.07, 6.45) is -3.27. The molecule has 1 unspecified atom stereocenters. The first kappa shape index (κ1) is 14.8. The van der Waals surface area contributed by atoms with Crippen LogP contribution in [0.15, 0.2) is 0 Å². The number of rotatable bonds is 5. The van der Waals surface area contributed by atoms with E-state index < -0.39 is 30.7 Å². The Morgan fingerprint density at radius 2 is 2.00 bits per heavy atom. The van der Waals surface area contributed by atoms with Crippen molar-refractivity contribution in [2.75, 3.05) is 19.8 Å². The van der Waals surface area contributed by atoms with Crippen LogP contribution in [0.1, 0.15) is 20.3 Å². The molecule has 0 saturated carbocycles. The smallest absolute Gasteiger partial charge is 0.221 e. The van der Waals surface area contributed by atoms with E-state index in [1.807, 2.05) is 13.8 Å². The van der Waals surface area contributed by atoms with Gasteiger partial charge in [0.15, 0.2) is 0 Å². The normalized spacial score (nSPS) is 38.6. The molecule has 4 atom stereocenters. The highest BCUT2D eigenvalue weighted by Crippen LogP contribution is 2.27. The third kappa shape index (κ3) is 3.37. The Kier molecular flexibility index (Phi) is 5.30. The summed E-state index contributed by atoms with van der Waals surface area (Å²) in [6.45, 7) is 3.59. The van der Waals surface area contributed by atoms with Crippen molar-refractivity contribution >= 4 is 0 Å². The van der Waals surface area contributed by atoms with Gasteiger partial charge in [0.25, 0.3) is 0 Å². The Balaban J connectivity index is 2.61. The molecule has 1 heterocycles. The highest BCUT2D eigenvalue weighted by atomic mass is 16.7. The molecule has 0 amide bonds. The van der Waals surface area contributed by atoms with Gasteiger partial charge in [-0.3, -0.25) is 0 Å². The Morgan fingerprint density at radius 1 is 1.35 bits per heavy atom. The third-order valence-electron chi connectivity index (χ3n) is 2.93. The molecule has 102 valence electrons. The van der Waals surface area contributed by atoms with Gasteiger partial charge in [0.2, 0.25) is 5.79 Å². The van der Waals surface area contributed by atoms with Crippen LogP contribution >= 0.6 is 0 Å². The zero-order chi connectivity index (χ0) is 13.1. The molecule has 1 rings (SSSR count). The lowest BCUT2D eigenvalue weighted by molar-refractivity contribution is -0.349. The lowest BCUT2D eigenvalue weighted by Crippen LogP contribution is -2.63. The van der Waals surface area contributed by atoms with Gasteiger partial charge in [-0.2, -0.15) is 0 Å². The molecule has 0 aliphatic carbocycles. The van der Waals surface area contributed by atoms with Gasteiger partial charge in [0.05, 0.1) is 13.2 Å². The van der Waals surface area contributed by atoms with Gasteiger partial charge < -0.3 is 29.9 Å². The predicted octanol–water partition coefficient (Wildman–Crippen LogP) is -1.15. The number of hydrogen-bond donors (Lipinski definition) is 4. The number of aliphatic hydroxyl groups excluding tert-OH is 4. The maximum absolute atomic E-state index is 9.80. The summed E-state index contributed by atoms with van der Waals surface area (Å²) < 4.78 is 10.5. The SMILES string of the molecule is CC(C)CCOC1(CO)OC[C@H](O)[C@@H](O)[C@@H]1O. The number of hydrogen-bond acceptors (Lipinski definition) is 6. The van der Waals surface area contributed by atoms with E-state index in [0.717, 1.165) is 6.42 Å². The van der Waals surface area contributed by atoms with Crippen molar-refractivity contribution in [1.29, 1.82) is 0 Å². The van der Waals surface area contributed by atoms with Crippen LogP contribution in [-0.4, -0.2) is 64.3 Å². The fourth-order valence-electron chi connectivity index (χ4n) is 1.66. The van der Waals surface area contributed by atoms with Crippen molar-refractivity contribution in [2.24, 2.45) is 5.92 Å². The second-order valence-electron chi connectivity index (χ2n) is 4.81. The molecule has 0 radical (unpaired) electrons. The van der Waals surface area contributed by atoms with Crippen LogP contribution in [-0.2, 0) is 9.47 Å². The van der Waals surface area contributed by atoms with Gasteiger partial charge in [0, 0.05) is 0 Å². The van der Waals surface area contributed by atoms with E-state index in [-0.39, 0.29) is 6.61 Å². The molecule has 0 aromatic rings. The van der Waals surface area contributed by atoms with Gasteiger partial charge in [-0.1, -0.05) is 13.8 Å². The topological polar surface area (TPSA) is 99.4 Å². The van der Waals surface area contributed by atoms with Crippen molar-refractivity contribution in [3.05, 3.63) is 0 Å². The van der Waals surface area contributed by atoms with Crippen molar-refractivity contribution in [3.8, 4) is 0 Å². The molecule has 1 aliphatic heterocycles. The molecule has 0 bridgehead atoms. The molecule has 4 N–H and O–H groups in total. The van der Waals surface area contributed by atoms with E-state index in [1.54, 1.807) is 0 Å². The quantitative estimate of drug-likeness (QED) is 0.492. The van der Waals surface area contributed by atoms with Crippen LogP contribution in [0.4, 0.5) is 0 Å². The second-order valence-corrected chi connectivity index (χ2v) is 4.81. The van der Waals surface area contributed by atoms with Crippen LogP contribution in [0.5, 0.6) is 0 Å². The summed E-state index contributed by atoms with van der Waals surface area (Å²) in [5.41, 5.74) is 0. The molecule has 6 nitrogen and oxygen atoms in total. The number of ether oxygens (including phenoxy) is 2. The van der Waals surface area contributed by atoms with Crippen molar-refractivity contribution in [3.63, 3.8) is 0 Å². The minimum absolute atomic E-state index is 0.180. The molecule has 1 aliphatic rings. The zero-order valence-corrected chi connectivity index (χ0v) is 10.2. The van der Waals surface area contributed by atoms with E-state index in [0.29, 0.717) is 12.5 Å². The molecule has 1 fully saturated rings. The summed E-state index contributed by atoms with van der Waals surface area (Å²) in [4.78, 5) is 0. The standard InChI is InChI=1S/C11H22O6/c1-7(2)3-4-16-11(6-12)10(15)9(14)8(13)5-17-11/h7-10,12-15H,3-6H2,1-2H3/t8-,9+,10-,11?/m0/s1. The van der Waals surface area contributed by atoms with Crippen LogP contribution in [0, 0.1) is 5.92 Å². The largest absolute Gasteiger partial charge is 0.391 e. The van der Waals surface area contributed by atoms with Gasteiger partial charge in [-0.15, -0.1) is 0 Å². The first-order valence-electron chi connectivity index (χ1n) is 5.86. The minimum atomic E-state index is -1.63. The average Bonchev–Trinajstić information content (AvgIpc) is 2.29. The van der Waals surface area contributed by atoms with E-state index in [2.05, 4.69) is 0 Å². The Bertz CT molecular complexity index is 234. The lowest BCUT2D eigenvalue weighted by atomic mass is 9.97. The fourth-order valence-corrected chi connectivity index (χ4v) is 1.66. The van der Waals surface area contributed by atoms with Gasteiger partial charge in [-0.25, -0.2) is 0 Å². The minimum Gasteiger partial charge on any atom is -0.391 e. The predicted molar refractivity (Wildman–Crippen MR) is 59.2 cm³/mol. The molecule has 1 saturated heterocycles. The fraction of sp³-hybridized carbons (Fsp3) is 1.00. The van der Waals surface area contributed by atoms with Crippen molar-refractivity contribution in [2.45, 2.75) is 44.4 Å². The monoisotopic (exact) mass is 250 g/mol. The summed E-state index contributed by atoms with van der Waals surface area (Å²) >= 11 is 0. The van der Waals surface area contributed by atoms with Crippen molar-refractivity contribution in [1.82, 2.24) is 0 Å². The summed E-state index contributed by atoms with van der Waals surface area (Å²) in [7, 11) is 0. The maximum Gasteiger partial charge on any atom is 0.221 e. The third-order valence-corrected chi connectivity index (χ3v) is 2.93. The summed E-state index contributed by atoms with van der Waals surface area (Å²) in [5, 5.41) is 37.9. The molecular formula is C11H22O6. The molecule has 6 heteroatoms. The first-order valence-corrected chi connectivity index (χ1v) is 5.86. The Labute approximate surface area is 101 Å². The molecular weight excluding hydrogens is 228 g/mol. The van der Waals surface area contributed by atoms with Crippen LogP contribution in [0.3, 0.4) is 0 Å². The van der Waals surface area contributed by atoms with E-state index in [1.165, 1.54) is 0 Å². The Hall–Kier alpha value is -0.240. The van der Waals surface area contributed by atoms with Crippen molar-refractivity contribution < 1.29 is 29.9 Å². The Morgan fingerprint density at radius 3 is 2.53 bits per heavy atom. The summed E-state index contributed by atoms with van der Waals surface area (Å²) in [5.74, 6) is -1.21. The average molecular weight is 250 g/mol. The van der Waals surface area contributed by atoms with Gasteiger partial charge in [-0.05, 0) is 12.3 Å². The second kappa shape index (κ2) is 6.08. The van der Waals surface area contributed by atoms with Crippen LogP contribution in [0.25, 0.3) is 0 Å². The highest BCUT2D eigenvalue weighted by Gasteiger charge is 2.50. The van der Waals surface area contributed by atoms with Crippen LogP contribution < -0.4 is 0 Å². The first-order chi connectivity index (χ1) is 7.93. The maximum atomic E-state index is 9.80. The molecule has 0 spiro atoms. The summed E-state index contributed by atoms with van der Waals surface area (Å²) in [6, 6.07) is 0. The van der Waals surface area contributed by atoms with E-state index >= 15 is 0 Å². The van der Waals surface area contributed by atoms with Gasteiger partial charge >= 0.3 is 0 Å². The highest BCUT2D eigenvalue weighted by molar-refractivity contribution is 4.92. The van der Waals surface area contributed by atoms with E-state index in [4.69, 9.17) is 9.47 Å². The molecule has 0 aromatic carbocycles.